The molecule has 0 saturated heterocycles. The molecular weight excluding hydrogens is 396 g/mol. The van der Waals surface area contributed by atoms with Gasteiger partial charge in [0.05, 0.1) is 0 Å². The predicted molar refractivity (Wildman–Crippen MR) is 140 cm³/mol. The molecule has 0 aromatic heterocycles. The first kappa shape index (κ1) is 31.6. The highest BCUT2D eigenvalue weighted by atomic mass is 16.7. The maximum absolute atomic E-state index is 8.76. The Morgan fingerprint density at radius 3 is 1.50 bits per heavy atom. The van der Waals surface area contributed by atoms with E-state index in [9.17, 15) is 0 Å². The molecule has 0 unspecified atom stereocenters. The smallest absolute Gasteiger partial charge is 0.157 e. The molecule has 32 heavy (non-hydrogen) atoms. The first-order chi connectivity index (χ1) is 15.8. The third-order valence-corrected chi connectivity index (χ3v) is 6.13. The molecule has 0 rings (SSSR count). The van der Waals surface area contributed by atoms with Gasteiger partial charge in [-0.25, -0.2) is 0 Å². The lowest BCUT2D eigenvalue weighted by Gasteiger charge is -2.19. The van der Waals surface area contributed by atoms with Crippen LogP contribution in [0.5, 0.6) is 0 Å². The molecule has 0 spiro atoms. The van der Waals surface area contributed by atoms with Crippen molar-refractivity contribution in [3.8, 4) is 0 Å². The van der Waals surface area contributed by atoms with Gasteiger partial charge in [-0.1, -0.05) is 116 Å². The lowest BCUT2D eigenvalue weighted by atomic mass is 10.1. The molecule has 0 fully saturated rings. The Balaban J connectivity index is 3.82. The number of rotatable bonds is 27. The third kappa shape index (κ3) is 25.9. The van der Waals surface area contributed by atoms with Crippen LogP contribution in [0.3, 0.4) is 0 Å². The van der Waals surface area contributed by atoms with E-state index in [4.69, 9.17) is 14.6 Å². The predicted octanol–water partition coefficient (Wildman–Crippen LogP) is 9.13. The molecule has 0 aromatic rings. The second kappa shape index (κ2) is 28.7. The molecule has 0 atom stereocenters. The summed E-state index contributed by atoms with van der Waals surface area (Å²) in [4.78, 5) is 0. The Morgan fingerprint density at radius 1 is 0.531 bits per heavy atom. The number of unbranched alkanes of at least 4 members (excludes halogenated alkanes) is 16. The Labute approximate surface area is 201 Å². The van der Waals surface area contributed by atoms with Gasteiger partial charge in [-0.15, -0.1) is 0 Å². The van der Waals surface area contributed by atoms with Crippen LogP contribution in [0.2, 0.25) is 0 Å². The van der Waals surface area contributed by atoms with Crippen molar-refractivity contribution in [2.75, 3.05) is 19.8 Å². The fraction of sp³-hybridized carbons (Fsp3) is 0.931. The first-order valence-electron chi connectivity index (χ1n) is 14.3. The van der Waals surface area contributed by atoms with Crippen molar-refractivity contribution in [1.29, 1.82) is 0 Å². The second-order valence-electron chi connectivity index (χ2n) is 9.39. The number of hydrogen-bond donors (Lipinski definition) is 1. The van der Waals surface area contributed by atoms with Gasteiger partial charge < -0.3 is 14.6 Å². The number of aliphatic hydroxyl groups excluding tert-OH is 1. The summed E-state index contributed by atoms with van der Waals surface area (Å²) in [5, 5.41) is 8.76. The Kier molecular flexibility index (Phi) is 28.3. The van der Waals surface area contributed by atoms with Crippen molar-refractivity contribution < 1.29 is 14.6 Å². The summed E-state index contributed by atoms with van der Waals surface area (Å²) in [6.45, 7) is 6.53. The van der Waals surface area contributed by atoms with Gasteiger partial charge >= 0.3 is 0 Å². The molecule has 0 aromatic carbocycles. The summed E-state index contributed by atoms with van der Waals surface area (Å²) in [5.74, 6) is 0. The zero-order valence-corrected chi connectivity index (χ0v) is 22.0. The lowest BCUT2D eigenvalue weighted by molar-refractivity contribution is -0.148. The number of aliphatic hydroxyl groups is 1. The molecule has 0 heterocycles. The minimum absolute atomic E-state index is 0.0120. The Bertz CT molecular complexity index is 338. The van der Waals surface area contributed by atoms with Crippen LogP contribution >= 0.6 is 0 Å². The first-order valence-corrected chi connectivity index (χ1v) is 14.3. The fourth-order valence-electron chi connectivity index (χ4n) is 4.00. The number of hydrogen-bond acceptors (Lipinski definition) is 3. The topological polar surface area (TPSA) is 38.7 Å². The van der Waals surface area contributed by atoms with Crippen LogP contribution in [-0.4, -0.2) is 31.2 Å². The third-order valence-electron chi connectivity index (χ3n) is 6.13. The number of ether oxygens (including phenoxy) is 2. The Hall–Kier alpha value is -0.380. The van der Waals surface area contributed by atoms with Crippen molar-refractivity contribution in [3.05, 3.63) is 12.2 Å². The van der Waals surface area contributed by atoms with E-state index < -0.39 is 0 Å². The average Bonchev–Trinajstić information content (AvgIpc) is 2.80. The summed E-state index contributed by atoms with van der Waals surface area (Å²) in [6, 6.07) is 0. The van der Waals surface area contributed by atoms with Crippen LogP contribution in [0.25, 0.3) is 0 Å². The molecule has 0 aliphatic carbocycles. The monoisotopic (exact) mass is 454 g/mol. The average molecular weight is 455 g/mol. The minimum Gasteiger partial charge on any atom is -0.396 e. The molecule has 0 radical (unpaired) electrons. The molecule has 3 heteroatoms. The van der Waals surface area contributed by atoms with Crippen molar-refractivity contribution >= 4 is 0 Å². The normalized spacial score (nSPS) is 11.9. The van der Waals surface area contributed by atoms with Gasteiger partial charge in [0.25, 0.3) is 0 Å². The van der Waals surface area contributed by atoms with Crippen LogP contribution in [-0.2, 0) is 9.47 Å². The van der Waals surface area contributed by atoms with Crippen molar-refractivity contribution in [3.63, 3.8) is 0 Å². The Morgan fingerprint density at radius 2 is 0.969 bits per heavy atom. The van der Waals surface area contributed by atoms with Crippen molar-refractivity contribution in [1.82, 2.24) is 0 Å². The summed E-state index contributed by atoms with van der Waals surface area (Å²) in [5.41, 5.74) is 0. The molecule has 0 aliphatic rings. The van der Waals surface area contributed by atoms with Gasteiger partial charge in [0.1, 0.15) is 0 Å². The fourth-order valence-corrected chi connectivity index (χ4v) is 4.00. The van der Waals surface area contributed by atoms with Crippen LogP contribution in [0, 0.1) is 0 Å². The summed E-state index contributed by atoms with van der Waals surface area (Å²) in [7, 11) is 0. The molecule has 0 aliphatic heterocycles. The van der Waals surface area contributed by atoms with Crippen LogP contribution < -0.4 is 0 Å². The van der Waals surface area contributed by atoms with Gasteiger partial charge in [0.15, 0.2) is 6.29 Å². The lowest BCUT2D eigenvalue weighted by Crippen LogP contribution is -2.19. The van der Waals surface area contributed by atoms with Gasteiger partial charge in [-0.3, -0.25) is 0 Å². The molecule has 0 bridgehead atoms. The van der Waals surface area contributed by atoms with Crippen LogP contribution in [0.1, 0.15) is 149 Å². The second-order valence-corrected chi connectivity index (χ2v) is 9.39. The van der Waals surface area contributed by atoms with Gasteiger partial charge in [0.2, 0.25) is 0 Å². The minimum atomic E-state index is 0.0120. The molecule has 0 amide bonds. The maximum atomic E-state index is 8.76. The highest BCUT2D eigenvalue weighted by Gasteiger charge is 2.09. The zero-order chi connectivity index (χ0) is 23.4. The number of allylic oxidation sites excluding steroid dienone is 1. The standard InChI is InChI=1S/C29H58O3/c1-3-5-7-9-19-23-27-31-29(32-28-24-20-10-8-6-4-2)25-21-17-15-13-11-12-14-16-18-22-26-30/h16,18,29-30H,3-15,17,19-28H2,1-2H3/b18-16-. The quantitative estimate of drug-likeness (QED) is 0.0763. The van der Waals surface area contributed by atoms with E-state index in [2.05, 4.69) is 26.0 Å². The van der Waals surface area contributed by atoms with Crippen molar-refractivity contribution in [2.45, 2.75) is 155 Å². The van der Waals surface area contributed by atoms with E-state index in [0.29, 0.717) is 0 Å². The van der Waals surface area contributed by atoms with Gasteiger partial charge in [0, 0.05) is 19.8 Å². The van der Waals surface area contributed by atoms with E-state index in [1.807, 2.05) is 0 Å². The van der Waals surface area contributed by atoms with E-state index in [-0.39, 0.29) is 12.9 Å². The highest BCUT2D eigenvalue weighted by Crippen LogP contribution is 2.14. The summed E-state index contributed by atoms with van der Waals surface area (Å²) < 4.78 is 12.3. The van der Waals surface area contributed by atoms with E-state index in [1.54, 1.807) is 0 Å². The highest BCUT2D eigenvalue weighted by molar-refractivity contribution is 4.80. The molecule has 192 valence electrons. The largest absolute Gasteiger partial charge is 0.396 e. The van der Waals surface area contributed by atoms with E-state index >= 15 is 0 Å². The van der Waals surface area contributed by atoms with Gasteiger partial charge in [-0.05, 0) is 44.9 Å². The summed E-state index contributed by atoms with van der Waals surface area (Å²) in [6.07, 6.45) is 30.8. The SMILES string of the molecule is CCCCCCCCOC(CCCCCCCC/C=C\CCO)OCCCCCCCC. The zero-order valence-electron chi connectivity index (χ0n) is 22.0. The molecular formula is C29H58O3. The molecule has 0 saturated carbocycles. The van der Waals surface area contributed by atoms with Crippen LogP contribution in [0.15, 0.2) is 12.2 Å². The van der Waals surface area contributed by atoms with E-state index in [1.165, 1.54) is 116 Å². The molecule has 3 nitrogen and oxygen atoms in total. The van der Waals surface area contributed by atoms with E-state index in [0.717, 1.165) is 32.5 Å². The summed E-state index contributed by atoms with van der Waals surface area (Å²) >= 11 is 0. The van der Waals surface area contributed by atoms with Crippen LogP contribution in [0.4, 0.5) is 0 Å². The van der Waals surface area contributed by atoms with Gasteiger partial charge in [-0.2, -0.15) is 0 Å². The van der Waals surface area contributed by atoms with Crippen molar-refractivity contribution in [2.24, 2.45) is 0 Å². The molecule has 1 N–H and O–H groups in total. The maximum Gasteiger partial charge on any atom is 0.157 e.